The molecule has 0 aliphatic heterocycles. The lowest BCUT2D eigenvalue weighted by Gasteiger charge is -1.96. The van der Waals surface area contributed by atoms with Crippen LogP contribution in [-0.4, -0.2) is 11.5 Å². The summed E-state index contributed by atoms with van der Waals surface area (Å²) in [6, 6.07) is 3.20. The number of nitrogens with one attached hydrogen (secondary N) is 1. The van der Waals surface area contributed by atoms with E-state index in [-0.39, 0.29) is 5.56 Å². The third-order valence-corrected chi connectivity index (χ3v) is 1.51. The molecule has 11 heavy (non-hydrogen) atoms. The highest BCUT2D eigenvalue weighted by molar-refractivity contribution is 6.29. The second-order valence-corrected chi connectivity index (χ2v) is 2.65. The average Bonchev–Trinajstić information content (AvgIpc) is 1.85. The molecule has 1 aromatic heterocycles. The summed E-state index contributed by atoms with van der Waals surface area (Å²) >= 11 is 5.59. The van der Waals surface area contributed by atoms with Crippen LogP contribution in [0.15, 0.2) is 16.9 Å². The lowest BCUT2D eigenvalue weighted by molar-refractivity contribution is 0.959. The van der Waals surface area contributed by atoms with Gasteiger partial charge in [-0.15, -0.1) is 0 Å². The molecule has 0 bridgehead atoms. The Morgan fingerprint density at radius 2 is 2.27 bits per heavy atom. The van der Waals surface area contributed by atoms with Gasteiger partial charge in [0.1, 0.15) is 5.15 Å². The van der Waals surface area contributed by atoms with Crippen molar-refractivity contribution in [1.29, 1.82) is 0 Å². The molecule has 0 fully saturated rings. The number of halogens is 1. The fourth-order valence-electron chi connectivity index (χ4n) is 0.874. The summed E-state index contributed by atoms with van der Waals surface area (Å²) in [4.78, 5) is 13.2. The third-order valence-electron chi connectivity index (χ3n) is 1.30. The second-order valence-electron chi connectivity index (χ2n) is 2.24. The van der Waals surface area contributed by atoms with Crippen LogP contribution in [0.4, 0.5) is 0 Å². The van der Waals surface area contributed by atoms with Crippen LogP contribution in [0.3, 0.4) is 0 Å². The highest BCUT2D eigenvalue weighted by atomic mass is 35.5. The Labute approximate surface area is 69.2 Å². The molecule has 0 aliphatic rings. The Kier molecular flexibility index (Phi) is 2.68. The summed E-state index contributed by atoms with van der Waals surface area (Å²) < 4.78 is 0. The van der Waals surface area contributed by atoms with E-state index in [1.54, 1.807) is 6.07 Å². The minimum Gasteiger partial charge on any atom is -0.330 e. The van der Waals surface area contributed by atoms with Crippen molar-refractivity contribution in [3.05, 3.63) is 33.2 Å². The summed E-state index contributed by atoms with van der Waals surface area (Å²) in [5.74, 6) is 0. The highest BCUT2D eigenvalue weighted by Gasteiger charge is 1.94. The van der Waals surface area contributed by atoms with Crippen molar-refractivity contribution in [2.75, 3.05) is 6.54 Å². The van der Waals surface area contributed by atoms with Gasteiger partial charge in [-0.05, 0) is 24.6 Å². The van der Waals surface area contributed by atoms with E-state index in [0.29, 0.717) is 18.1 Å². The molecule has 0 saturated heterocycles. The topological polar surface area (TPSA) is 58.9 Å². The van der Waals surface area contributed by atoms with Crippen molar-refractivity contribution in [2.45, 2.75) is 6.42 Å². The van der Waals surface area contributed by atoms with Crippen LogP contribution in [0.1, 0.15) is 5.56 Å². The highest BCUT2D eigenvalue weighted by Crippen LogP contribution is 2.03. The maximum Gasteiger partial charge on any atom is 0.249 e. The Bertz CT molecular complexity index is 295. The molecule has 3 nitrogen and oxygen atoms in total. The van der Waals surface area contributed by atoms with E-state index in [1.807, 2.05) is 0 Å². The van der Waals surface area contributed by atoms with E-state index in [9.17, 15) is 4.79 Å². The second kappa shape index (κ2) is 3.55. The third kappa shape index (κ3) is 2.37. The van der Waals surface area contributed by atoms with Gasteiger partial charge in [-0.3, -0.25) is 4.79 Å². The quantitative estimate of drug-likeness (QED) is 0.640. The van der Waals surface area contributed by atoms with Crippen molar-refractivity contribution in [1.82, 2.24) is 4.98 Å². The van der Waals surface area contributed by atoms with E-state index in [0.717, 1.165) is 5.56 Å². The van der Waals surface area contributed by atoms with Crippen molar-refractivity contribution in [2.24, 2.45) is 5.73 Å². The molecule has 0 radical (unpaired) electrons. The van der Waals surface area contributed by atoms with Crippen LogP contribution in [0.25, 0.3) is 0 Å². The fraction of sp³-hybridized carbons (Fsp3) is 0.286. The minimum absolute atomic E-state index is 0.180. The standard InChI is InChI=1S/C7H9ClN2O/c8-6-3-5(1-2-9)4-7(11)10-6/h3-4H,1-2,9H2,(H,10,11). The number of aromatic nitrogens is 1. The SMILES string of the molecule is NCCc1cc(Cl)[nH]c(=O)c1. The average molecular weight is 173 g/mol. The normalized spacial score (nSPS) is 10.0. The van der Waals surface area contributed by atoms with Gasteiger partial charge in [-0.2, -0.15) is 0 Å². The summed E-state index contributed by atoms with van der Waals surface area (Å²) in [6.07, 6.45) is 0.684. The summed E-state index contributed by atoms with van der Waals surface area (Å²) in [6.45, 7) is 0.528. The van der Waals surface area contributed by atoms with Gasteiger partial charge in [0.2, 0.25) is 5.56 Å². The van der Waals surface area contributed by atoms with E-state index in [4.69, 9.17) is 17.3 Å². The van der Waals surface area contributed by atoms with Gasteiger partial charge in [-0.1, -0.05) is 11.6 Å². The first kappa shape index (κ1) is 8.30. The van der Waals surface area contributed by atoms with Gasteiger partial charge in [-0.25, -0.2) is 0 Å². The lowest BCUT2D eigenvalue weighted by Crippen LogP contribution is -2.09. The predicted molar refractivity (Wildman–Crippen MR) is 44.8 cm³/mol. The molecule has 1 heterocycles. The number of nitrogens with two attached hydrogens (primary N) is 1. The van der Waals surface area contributed by atoms with Crippen LogP contribution in [0.2, 0.25) is 5.15 Å². The molecular weight excluding hydrogens is 164 g/mol. The zero-order chi connectivity index (χ0) is 8.27. The van der Waals surface area contributed by atoms with Crippen LogP contribution < -0.4 is 11.3 Å². The van der Waals surface area contributed by atoms with Gasteiger partial charge < -0.3 is 10.7 Å². The largest absolute Gasteiger partial charge is 0.330 e. The molecule has 0 aromatic carbocycles. The van der Waals surface area contributed by atoms with Crippen molar-refractivity contribution >= 4 is 11.6 Å². The molecule has 4 heteroatoms. The van der Waals surface area contributed by atoms with Crippen molar-refractivity contribution < 1.29 is 0 Å². The number of rotatable bonds is 2. The van der Waals surface area contributed by atoms with Gasteiger partial charge in [0, 0.05) is 6.07 Å². The van der Waals surface area contributed by atoms with Crippen LogP contribution in [-0.2, 0) is 6.42 Å². The molecule has 1 aromatic rings. The maximum absolute atomic E-state index is 10.8. The maximum atomic E-state index is 10.8. The molecule has 0 amide bonds. The Morgan fingerprint density at radius 3 is 2.82 bits per heavy atom. The summed E-state index contributed by atoms with van der Waals surface area (Å²) in [7, 11) is 0. The molecule has 3 N–H and O–H groups in total. The van der Waals surface area contributed by atoms with Gasteiger partial charge in [0.05, 0.1) is 0 Å². The lowest BCUT2D eigenvalue weighted by atomic mass is 10.2. The van der Waals surface area contributed by atoms with E-state index < -0.39 is 0 Å². The Morgan fingerprint density at radius 1 is 1.55 bits per heavy atom. The molecule has 1 rings (SSSR count). The first-order chi connectivity index (χ1) is 5.22. The first-order valence-electron chi connectivity index (χ1n) is 3.31. The molecule has 0 atom stereocenters. The van der Waals surface area contributed by atoms with Crippen molar-refractivity contribution in [3.63, 3.8) is 0 Å². The minimum atomic E-state index is -0.180. The number of pyridine rings is 1. The number of hydrogen-bond acceptors (Lipinski definition) is 2. The molecule has 0 saturated carbocycles. The summed E-state index contributed by atoms with van der Waals surface area (Å²) in [5, 5.41) is 0.362. The zero-order valence-corrected chi connectivity index (χ0v) is 6.69. The van der Waals surface area contributed by atoms with E-state index in [1.165, 1.54) is 6.07 Å². The first-order valence-corrected chi connectivity index (χ1v) is 3.69. The smallest absolute Gasteiger partial charge is 0.249 e. The van der Waals surface area contributed by atoms with Crippen molar-refractivity contribution in [3.8, 4) is 0 Å². The summed E-state index contributed by atoms with van der Waals surface area (Å²) in [5.41, 5.74) is 6.00. The fourth-order valence-corrected chi connectivity index (χ4v) is 1.11. The molecule has 0 aliphatic carbocycles. The van der Waals surface area contributed by atoms with Gasteiger partial charge in [0.15, 0.2) is 0 Å². The molecular formula is C7H9ClN2O. The molecule has 0 spiro atoms. The van der Waals surface area contributed by atoms with Gasteiger partial charge in [0.25, 0.3) is 0 Å². The van der Waals surface area contributed by atoms with E-state index in [2.05, 4.69) is 4.98 Å². The Hall–Kier alpha value is -0.800. The monoisotopic (exact) mass is 172 g/mol. The van der Waals surface area contributed by atoms with Gasteiger partial charge >= 0.3 is 0 Å². The molecule has 0 unspecified atom stereocenters. The molecule has 60 valence electrons. The van der Waals surface area contributed by atoms with Crippen LogP contribution in [0, 0.1) is 0 Å². The van der Waals surface area contributed by atoms with Crippen LogP contribution in [0.5, 0.6) is 0 Å². The number of H-pyrrole nitrogens is 1. The predicted octanol–water partition coefficient (Wildman–Crippen LogP) is 0.529. The number of aromatic amines is 1. The van der Waals surface area contributed by atoms with E-state index >= 15 is 0 Å². The number of hydrogen-bond donors (Lipinski definition) is 2. The zero-order valence-electron chi connectivity index (χ0n) is 5.93. The Balaban J connectivity index is 2.99. The van der Waals surface area contributed by atoms with Crippen LogP contribution >= 0.6 is 11.6 Å².